The topological polar surface area (TPSA) is 38.8 Å². The lowest BCUT2D eigenvalue weighted by molar-refractivity contribution is -0.147. The molecule has 5 heteroatoms. The number of carbonyl (C=O) groups is 1. The molecule has 0 N–H and O–H groups in total. The van der Waals surface area contributed by atoms with Gasteiger partial charge in [-0.3, -0.25) is 4.90 Å². The van der Waals surface area contributed by atoms with E-state index < -0.39 is 11.6 Å². The molecule has 1 atom stereocenters. The van der Waals surface area contributed by atoms with Crippen LogP contribution in [0.25, 0.3) is 0 Å². The number of rotatable bonds is 2. The van der Waals surface area contributed by atoms with Crippen LogP contribution in [-0.2, 0) is 14.3 Å². The fourth-order valence-corrected chi connectivity index (χ4v) is 2.29. The number of carbonyl (C=O) groups excluding carboxylic acids is 1. The molecule has 0 radical (unpaired) electrons. The zero-order chi connectivity index (χ0) is 11.8. The summed E-state index contributed by atoms with van der Waals surface area (Å²) in [6.45, 7) is 7.67. The highest BCUT2D eigenvalue weighted by Gasteiger charge is 2.42. The fraction of sp³-hybridized carbons (Fsp3) is 0.727. The van der Waals surface area contributed by atoms with E-state index >= 15 is 0 Å². The zero-order valence-electron chi connectivity index (χ0n) is 9.59. The van der Waals surface area contributed by atoms with Gasteiger partial charge in [0.15, 0.2) is 0 Å². The van der Waals surface area contributed by atoms with Gasteiger partial charge in [-0.25, -0.2) is 4.79 Å². The molecule has 2 aliphatic rings. The molecular weight excluding hydrogens is 230 g/mol. The number of cyclic esters (lactones) is 1. The molecule has 16 heavy (non-hydrogen) atoms. The summed E-state index contributed by atoms with van der Waals surface area (Å²) in [5, 5.41) is 0.232. The molecule has 1 fully saturated rings. The summed E-state index contributed by atoms with van der Waals surface area (Å²) < 4.78 is 10.6. The quantitative estimate of drug-likeness (QED) is 0.684. The van der Waals surface area contributed by atoms with Crippen molar-refractivity contribution in [2.45, 2.75) is 19.4 Å². The van der Waals surface area contributed by atoms with Gasteiger partial charge in [0.2, 0.25) is 0 Å². The normalized spacial score (nSPS) is 32.1. The van der Waals surface area contributed by atoms with E-state index in [0.717, 1.165) is 31.9 Å². The van der Waals surface area contributed by atoms with Gasteiger partial charge in [-0.2, -0.15) is 0 Å². The average molecular weight is 246 g/mol. The lowest BCUT2D eigenvalue weighted by Crippen LogP contribution is -2.46. The van der Waals surface area contributed by atoms with Crippen molar-refractivity contribution >= 4 is 17.6 Å². The average Bonchev–Trinajstić information content (AvgIpc) is 2.44. The Hall–Kier alpha value is -0.580. The van der Waals surface area contributed by atoms with Crippen LogP contribution in [0.3, 0.4) is 0 Å². The van der Waals surface area contributed by atoms with Crippen molar-refractivity contribution in [1.82, 2.24) is 4.90 Å². The maximum Gasteiger partial charge on any atom is 0.350 e. The van der Waals surface area contributed by atoms with Crippen molar-refractivity contribution in [2.24, 2.45) is 0 Å². The number of hydrogen-bond donors (Lipinski definition) is 0. The van der Waals surface area contributed by atoms with Gasteiger partial charge >= 0.3 is 5.97 Å². The van der Waals surface area contributed by atoms with Crippen LogP contribution in [0.1, 0.15) is 13.8 Å². The van der Waals surface area contributed by atoms with E-state index in [4.69, 9.17) is 21.1 Å². The lowest BCUT2D eigenvalue weighted by Gasteiger charge is -2.34. The number of morpholine rings is 1. The van der Waals surface area contributed by atoms with Gasteiger partial charge < -0.3 is 9.47 Å². The highest BCUT2D eigenvalue weighted by molar-refractivity contribution is 6.42. The summed E-state index contributed by atoms with van der Waals surface area (Å²) in [5.74, 6) is -0.407. The number of ether oxygens (including phenoxy) is 2. The van der Waals surface area contributed by atoms with E-state index in [0.29, 0.717) is 6.54 Å². The number of esters is 1. The van der Waals surface area contributed by atoms with Gasteiger partial charge in [-0.1, -0.05) is 11.6 Å². The Morgan fingerprint density at radius 2 is 2.06 bits per heavy atom. The van der Waals surface area contributed by atoms with E-state index in [1.54, 1.807) is 0 Å². The molecule has 0 amide bonds. The van der Waals surface area contributed by atoms with Crippen LogP contribution in [0, 0.1) is 0 Å². The fourth-order valence-electron chi connectivity index (χ4n) is 2.05. The predicted molar refractivity (Wildman–Crippen MR) is 60.3 cm³/mol. The summed E-state index contributed by atoms with van der Waals surface area (Å²) in [4.78, 5) is 13.6. The molecule has 0 aromatic rings. The van der Waals surface area contributed by atoms with Crippen LogP contribution < -0.4 is 0 Å². The van der Waals surface area contributed by atoms with E-state index in [-0.39, 0.29) is 5.03 Å². The van der Waals surface area contributed by atoms with Gasteiger partial charge in [0.05, 0.1) is 13.2 Å². The summed E-state index contributed by atoms with van der Waals surface area (Å²) >= 11 is 5.88. The molecule has 0 saturated carbocycles. The van der Waals surface area contributed by atoms with Crippen LogP contribution in [-0.4, -0.2) is 49.3 Å². The Bertz CT molecular complexity index is 336. The highest BCUT2D eigenvalue weighted by Crippen LogP contribution is 2.34. The zero-order valence-corrected chi connectivity index (χ0v) is 10.3. The molecular formula is C11H16ClNO3. The van der Waals surface area contributed by atoms with Crippen LogP contribution in [0.15, 0.2) is 10.6 Å². The first kappa shape index (κ1) is 11.9. The van der Waals surface area contributed by atoms with E-state index in [9.17, 15) is 4.79 Å². The number of halogens is 1. The van der Waals surface area contributed by atoms with E-state index in [1.807, 2.05) is 13.8 Å². The molecule has 90 valence electrons. The summed E-state index contributed by atoms with van der Waals surface area (Å²) in [6, 6.07) is 0. The summed E-state index contributed by atoms with van der Waals surface area (Å²) in [7, 11) is 0. The molecule has 2 heterocycles. The van der Waals surface area contributed by atoms with Gasteiger partial charge in [0, 0.05) is 19.6 Å². The lowest BCUT2D eigenvalue weighted by atomic mass is 9.97. The summed E-state index contributed by atoms with van der Waals surface area (Å²) in [5.41, 5.74) is 0.247. The van der Waals surface area contributed by atoms with Crippen LogP contribution in [0.4, 0.5) is 0 Å². The molecule has 1 saturated heterocycles. The van der Waals surface area contributed by atoms with Crippen LogP contribution >= 0.6 is 11.6 Å². The van der Waals surface area contributed by atoms with Crippen molar-refractivity contribution in [1.29, 1.82) is 0 Å². The highest BCUT2D eigenvalue weighted by atomic mass is 35.5. The summed E-state index contributed by atoms with van der Waals surface area (Å²) in [6.07, 6.45) is 0. The Labute approximate surface area is 100 Å². The Morgan fingerprint density at radius 3 is 2.56 bits per heavy atom. The Kier molecular flexibility index (Phi) is 3.24. The van der Waals surface area contributed by atoms with E-state index in [2.05, 4.69) is 4.90 Å². The van der Waals surface area contributed by atoms with Crippen LogP contribution in [0.2, 0.25) is 0 Å². The minimum Gasteiger partial charge on any atom is -0.449 e. The molecule has 2 aliphatic heterocycles. The first-order valence-corrected chi connectivity index (χ1v) is 5.81. The molecule has 2 rings (SSSR count). The van der Waals surface area contributed by atoms with Crippen molar-refractivity contribution in [3.8, 4) is 0 Å². The predicted octanol–water partition coefficient (Wildman–Crippen LogP) is 1.15. The molecule has 0 aromatic heterocycles. The molecule has 4 nitrogen and oxygen atoms in total. The SMILES string of the molecule is CC1=C(Cl)C(=O)OC1(C)CN1CCOCC1. The van der Waals surface area contributed by atoms with E-state index in [1.165, 1.54) is 0 Å². The molecule has 0 spiro atoms. The minimum atomic E-state index is -0.578. The number of hydrogen-bond acceptors (Lipinski definition) is 4. The largest absolute Gasteiger partial charge is 0.449 e. The maximum absolute atomic E-state index is 11.4. The second-order valence-electron chi connectivity index (χ2n) is 4.45. The molecule has 0 aliphatic carbocycles. The monoisotopic (exact) mass is 245 g/mol. The molecule has 0 aromatic carbocycles. The Morgan fingerprint density at radius 1 is 1.44 bits per heavy atom. The molecule has 0 bridgehead atoms. The van der Waals surface area contributed by atoms with Crippen molar-refractivity contribution in [2.75, 3.05) is 32.8 Å². The van der Waals surface area contributed by atoms with Crippen molar-refractivity contribution < 1.29 is 14.3 Å². The standard InChI is InChI=1S/C11H16ClNO3/c1-8-9(12)10(14)16-11(8,2)7-13-3-5-15-6-4-13/h3-7H2,1-2H3. The van der Waals surface area contributed by atoms with Gasteiger partial charge in [0.1, 0.15) is 10.6 Å². The smallest absolute Gasteiger partial charge is 0.350 e. The Balaban J connectivity index is 2.06. The van der Waals surface area contributed by atoms with Gasteiger partial charge in [-0.05, 0) is 19.4 Å². The second-order valence-corrected chi connectivity index (χ2v) is 4.83. The maximum atomic E-state index is 11.4. The molecule has 1 unspecified atom stereocenters. The first-order valence-electron chi connectivity index (χ1n) is 5.43. The minimum absolute atomic E-state index is 0.232. The van der Waals surface area contributed by atoms with Gasteiger partial charge in [0.25, 0.3) is 0 Å². The third kappa shape index (κ3) is 2.10. The third-order valence-electron chi connectivity index (χ3n) is 3.25. The van der Waals surface area contributed by atoms with Crippen molar-refractivity contribution in [3.63, 3.8) is 0 Å². The van der Waals surface area contributed by atoms with Crippen LogP contribution in [0.5, 0.6) is 0 Å². The third-order valence-corrected chi connectivity index (χ3v) is 3.69. The second kappa shape index (κ2) is 4.35. The van der Waals surface area contributed by atoms with Gasteiger partial charge in [-0.15, -0.1) is 0 Å². The van der Waals surface area contributed by atoms with Crippen molar-refractivity contribution in [3.05, 3.63) is 10.6 Å². The number of nitrogens with zero attached hydrogens (tertiary/aromatic N) is 1. The first-order chi connectivity index (χ1) is 7.53.